The second kappa shape index (κ2) is 6.12. The number of nitrogens with one attached hydrogen (secondary N) is 1. The fourth-order valence-electron chi connectivity index (χ4n) is 2.80. The van der Waals surface area contributed by atoms with Crippen molar-refractivity contribution in [1.29, 1.82) is 0 Å². The van der Waals surface area contributed by atoms with Gasteiger partial charge in [-0.25, -0.2) is 9.18 Å². The SMILES string of the molecule is Cc1nnc(COC(=O)c2cn[nH]c2-c2ccc(F)cc2)n1C1CC1. The number of aromatic nitrogens is 5. The first-order valence-corrected chi connectivity index (χ1v) is 8.00. The molecule has 0 amide bonds. The number of hydrogen-bond donors (Lipinski definition) is 1. The Balaban J connectivity index is 1.51. The van der Waals surface area contributed by atoms with Gasteiger partial charge in [0.25, 0.3) is 0 Å². The normalized spacial score (nSPS) is 13.8. The summed E-state index contributed by atoms with van der Waals surface area (Å²) < 4.78 is 20.5. The van der Waals surface area contributed by atoms with Crippen molar-refractivity contribution in [2.75, 3.05) is 0 Å². The molecule has 3 aromatic rings. The van der Waals surface area contributed by atoms with Crippen LogP contribution in [0.3, 0.4) is 0 Å². The van der Waals surface area contributed by atoms with Crippen LogP contribution >= 0.6 is 0 Å². The smallest absolute Gasteiger partial charge is 0.342 e. The second-order valence-corrected chi connectivity index (χ2v) is 6.01. The molecule has 1 fully saturated rings. The number of carbonyl (C=O) groups excluding carboxylic acids is 1. The summed E-state index contributed by atoms with van der Waals surface area (Å²) in [5.74, 6) is 0.599. The van der Waals surface area contributed by atoms with Crippen molar-refractivity contribution >= 4 is 5.97 Å². The second-order valence-electron chi connectivity index (χ2n) is 6.01. The van der Waals surface area contributed by atoms with Crippen LogP contribution in [0.25, 0.3) is 11.3 Å². The van der Waals surface area contributed by atoms with E-state index in [-0.39, 0.29) is 12.4 Å². The molecule has 4 rings (SSSR count). The van der Waals surface area contributed by atoms with Gasteiger partial charge in [0.05, 0.1) is 11.9 Å². The number of esters is 1. The van der Waals surface area contributed by atoms with E-state index < -0.39 is 5.97 Å². The standard InChI is InChI=1S/C17H16FN5O2/c1-10-20-21-15(23(10)13-6-7-13)9-25-17(24)14-8-19-22-16(14)11-2-4-12(18)5-3-11/h2-5,8,13H,6-7,9H2,1H3,(H,19,22). The number of aryl methyl sites for hydroxylation is 1. The number of rotatable bonds is 5. The number of halogens is 1. The van der Waals surface area contributed by atoms with Crippen LogP contribution in [0.5, 0.6) is 0 Å². The fourth-order valence-corrected chi connectivity index (χ4v) is 2.80. The van der Waals surface area contributed by atoms with Crippen LogP contribution in [0, 0.1) is 12.7 Å². The maximum Gasteiger partial charge on any atom is 0.342 e. The summed E-state index contributed by atoms with van der Waals surface area (Å²) in [5, 5.41) is 14.8. The average Bonchev–Trinajstić information content (AvgIpc) is 3.19. The molecule has 0 atom stereocenters. The first-order valence-electron chi connectivity index (χ1n) is 8.00. The first-order chi connectivity index (χ1) is 12.1. The molecule has 0 radical (unpaired) electrons. The summed E-state index contributed by atoms with van der Waals surface area (Å²) in [6, 6.07) is 6.21. The zero-order chi connectivity index (χ0) is 17.4. The largest absolute Gasteiger partial charge is 0.454 e. The zero-order valence-corrected chi connectivity index (χ0v) is 13.6. The van der Waals surface area contributed by atoms with Crippen molar-refractivity contribution in [1.82, 2.24) is 25.0 Å². The number of aromatic amines is 1. The van der Waals surface area contributed by atoms with Gasteiger partial charge < -0.3 is 9.30 Å². The Bertz CT molecular complexity index is 912. The maximum atomic E-state index is 13.1. The highest BCUT2D eigenvalue weighted by Gasteiger charge is 2.28. The Labute approximate surface area is 142 Å². The van der Waals surface area contributed by atoms with Crippen molar-refractivity contribution in [2.45, 2.75) is 32.4 Å². The Morgan fingerprint density at radius 2 is 2.08 bits per heavy atom. The molecule has 1 aliphatic rings. The minimum Gasteiger partial charge on any atom is -0.454 e. The molecule has 128 valence electrons. The molecular weight excluding hydrogens is 325 g/mol. The summed E-state index contributed by atoms with van der Waals surface area (Å²) in [7, 11) is 0. The minimum absolute atomic E-state index is 0.0458. The molecule has 0 spiro atoms. The van der Waals surface area contributed by atoms with Crippen molar-refractivity contribution < 1.29 is 13.9 Å². The third kappa shape index (κ3) is 3.02. The lowest BCUT2D eigenvalue weighted by Gasteiger charge is -2.08. The lowest BCUT2D eigenvalue weighted by Crippen LogP contribution is -2.10. The highest BCUT2D eigenvalue weighted by Crippen LogP contribution is 2.36. The van der Waals surface area contributed by atoms with E-state index >= 15 is 0 Å². The lowest BCUT2D eigenvalue weighted by atomic mass is 10.1. The molecule has 7 nitrogen and oxygen atoms in total. The Morgan fingerprint density at radius 1 is 1.32 bits per heavy atom. The molecule has 1 saturated carbocycles. The van der Waals surface area contributed by atoms with Gasteiger partial charge in [-0.3, -0.25) is 5.10 Å². The Kier molecular flexibility index (Phi) is 3.79. The van der Waals surface area contributed by atoms with Gasteiger partial charge in [0.1, 0.15) is 17.2 Å². The van der Waals surface area contributed by atoms with Gasteiger partial charge in [0.2, 0.25) is 0 Å². The van der Waals surface area contributed by atoms with Crippen LogP contribution in [0.2, 0.25) is 0 Å². The summed E-state index contributed by atoms with van der Waals surface area (Å²) in [6.45, 7) is 1.93. The predicted molar refractivity (Wildman–Crippen MR) is 86.1 cm³/mol. The first kappa shape index (κ1) is 15.5. The van der Waals surface area contributed by atoms with Crippen LogP contribution in [0.4, 0.5) is 4.39 Å². The number of hydrogen-bond acceptors (Lipinski definition) is 5. The number of nitrogens with zero attached hydrogens (tertiary/aromatic N) is 4. The van der Waals surface area contributed by atoms with Crippen LogP contribution < -0.4 is 0 Å². The average molecular weight is 341 g/mol. The topological polar surface area (TPSA) is 85.7 Å². The molecular formula is C17H16FN5O2. The van der Waals surface area contributed by atoms with E-state index in [1.54, 1.807) is 12.1 Å². The van der Waals surface area contributed by atoms with Crippen LogP contribution in [-0.2, 0) is 11.3 Å². The maximum absolute atomic E-state index is 13.1. The van der Waals surface area contributed by atoms with Crippen molar-refractivity contribution in [3.63, 3.8) is 0 Å². The summed E-state index contributed by atoms with van der Waals surface area (Å²) >= 11 is 0. The molecule has 2 heterocycles. The highest BCUT2D eigenvalue weighted by atomic mass is 19.1. The van der Waals surface area contributed by atoms with E-state index in [0.29, 0.717) is 28.7 Å². The van der Waals surface area contributed by atoms with E-state index in [0.717, 1.165) is 18.7 Å². The predicted octanol–water partition coefficient (Wildman–Crippen LogP) is 2.81. The summed E-state index contributed by atoms with van der Waals surface area (Å²) in [6.07, 6.45) is 3.59. The van der Waals surface area contributed by atoms with E-state index in [1.165, 1.54) is 18.3 Å². The fraction of sp³-hybridized carbons (Fsp3) is 0.294. The van der Waals surface area contributed by atoms with Gasteiger partial charge in [-0.05, 0) is 44.0 Å². The van der Waals surface area contributed by atoms with Gasteiger partial charge in [-0.2, -0.15) is 5.10 Å². The summed E-state index contributed by atoms with van der Waals surface area (Å²) in [4.78, 5) is 12.4. The van der Waals surface area contributed by atoms with Crippen molar-refractivity contribution in [2.24, 2.45) is 0 Å². The van der Waals surface area contributed by atoms with Gasteiger partial charge >= 0.3 is 5.97 Å². The Hall–Kier alpha value is -3.03. The van der Waals surface area contributed by atoms with E-state index in [4.69, 9.17) is 4.74 Å². The number of H-pyrrole nitrogens is 1. The lowest BCUT2D eigenvalue weighted by molar-refractivity contribution is 0.0458. The van der Waals surface area contributed by atoms with Crippen LogP contribution in [0.15, 0.2) is 30.5 Å². The van der Waals surface area contributed by atoms with Gasteiger partial charge in [-0.1, -0.05) is 0 Å². The van der Waals surface area contributed by atoms with Crippen LogP contribution in [0.1, 0.15) is 40.9 Å². The molecule has 1 aromatic carbocycles. The summed E-state index contributed by atoms with van der Waals surface area (Å²) in [5.41, 5.74) is 1.44. The van der Waals surface area contributed by atoms with Gasteiger partial charge in [-0.15, -0.1) is 10.2 Å². The Morgan fingerprint density at radius 3 is 2.80 bits per heavy atom. The third-order valence-corrected chi connectivity index (χ3v) is 4.17. The molecule has 1 N–H and O–H groups in total. The van der Waals surface area contributed by atoms with Crippen molar-refractivity contribution in [3.8, 4) is 11.3 Å². The molecule has 25 heavy (non-hydrogen) atoms. The molecule has 0 bridgehead atoms. The third-order valence-electron chi connectivity index (χ3n) is 4.17. The van der Waals surface area contributed by atoms with E-state index in [9.17, 15) is 9.18 Å². The minimum atomic E-state index is -0.518. The quantitative estimate of drug-likeness (QED) is 0.721. The molecule has 0 aliphatic heterocycles. The van der Waals surface area contributed by atoms with Gasteiger partial charge in [0.15, 0.2) is 12.4 Å². The monoisotopic (exact) mass is 341 g/mol. The van der Waals surface area contributed by atoms with Crippen molar-refractivity contribution in [3.05, 3.63) is 53.5 Å². The number of benzene rings is 1. The highest BCUT2D eigenvalue weighted by molar-refractivity contribution is 5.95. The molecule has 8 heteroatoms. The van der Waals surface area contributed by atoms with E-state index in [2.05, 4.69) is 20.4 Å². The van der Waals surface area contributed by atoms with Crippen LogP contribution in [-0.4, -0.2) is 30.9 Å². The molecule has 0 saturated heterocycles. The zero-order valence-electron chi connectivity index (χ0n) is 13.6. The number of carbonyl (C=O) groups is 1. The molecule has 1 aliphatic carbocycles. The van der Waals surface area contributed by atoms with Gasteiger partial charge in [0, 0.05) is 11.6 Å². The molecule has 2 aromatic heterocycles. The number of ether oxygens (including phenoxy) is 1. The van der Waals surface area contributed by atoms with E-state index in [1.807, 2.05) is 11.5 Å². The molecule has 0 unspecified atom stereocenters.